The number of methoxy groups -OCH3 is 1. The van der Waals surface area contributed by atoms with Crippen LogP contribution in [0.5, 0.6) is 17.2 Å². The molecule has 0 amide bonds. The van der Waals surface area contributed by atoms with Gasteiger partial charge in [0.1, 0.15) is 23.9 Å². The van der Waals surface area contributed by atoms with Gasteiger partial charge in [-0.15, -0.1) is 0 Å². The zero-order valence-corrected chi connectivity index (χ0v) is 14.5. The summed E-state index contributed by atoms with van der Waals surface area (Å²) in [5.41, 5.74) is 6.85. The predicted octanol–water partition coefficient (Wildman–Crippen LogP) is 3.79. The van der Waals surface area contributed by atoms with E-state index in [-0.39, 0.29) is 30.7 Å². The summed E-state index contributed by atoms with van der Waals surface area (Å²) in [4.78, 5) is 0. The monoisotopic (exact) mass is 394 g/mol. The van der Waals surface area contributed by atoms with E-state index >= 15 is 0 Å². The number of fused-ring (bicyclic) bond motifs is 2. The Labute approximate surface area is 147 Å². The summed E-state index contributed by atoms with van der Waals surface area (Å²) in [6.07, 6.45) is 0. The van der Waals surface area contributed by atoms with Crippen molar-refractivity contribution < 1.29 is 18.6 Å². The summed E-state index contributed by atoms with van der Waals surface area (Å²) in [5, 5.41) is 7.27. The Hall–Kier alpha value is -2.12. The second-order valence-electron chi connectivity index (χ2n) is 5.40. The topological polar surface area (TPSA) is 77.6 Å². The van der Waals surface area contributed by atoms with E-state index in [2.05, 4.69) is 15.9 Å². The summed E-state index contributed by atoms with van der Waals surface area (Å²) in [6, 6.07) is 8.56. The van der Waals surface area contributed by atoms with Crippen molar-refractivity contribution >= 4 is 21.8 Å². The molecule has 2 aromatic rings. The van der Waals surface area contributed by atoms with Crippen LogP contribution in [0, 0.1) is 11.2 Å². The Morgan fingerprint density at radius 2 is 2.12 bits per heavy atom. The van der Waals surface area contributed by atoms with Gasteiger partial charge in [-0.2, -0.15) is 0 Å². The molecule has 0 spiro atoms. The van der Waals surface area contributed by atoms with Crippen molar-refractivity contribution in [1.82, 2.24) is 0 Å². The molecule has 1 atom stereocenters. The summed E-state index contributed by atoms with van der Waals surface area (Å²) < 4.78 is 31.7. The normalized spacial score (nSPS) is 15.2. The lowest BCUT2D eigenvalue weighted by Crippen LogP contribution is -2.22. The molecule has 1 unspecified atom stereocenters. The Morgan fingerprint density at radius 1 is 1.33 bits per heavy atom. The lowest BCUT2D eigenvalue weighted by Gasteiger charge is -2.29. The number of hydrogen-bond acceptors (Lipinski definition) is 4. The fourth-order valence-corrected chi connectivity index (χ4v) is 3.08. The van der Waals surface area contributed by atoms with Gasteiger partial charge >= 0.3 is 0 Å². The van der Waals surface area contributed by atoms with Gasteiger partial charge in [-0.05, 0) is 24.3 Å². The zero-order chi connectivity index (χ0) is 17.3. The van der Waals surface area contributed by atoms with E-state index in [4.69, 9.17) is 25.4 Å². The fourth-order valence-electron chi connectivity index (χ4n) is 2.70. The number of ether oxygens (including phenoxy) is 3. The smallest absolute Gasteiger partial charge is 0.169 e. The van der Waals surface area contributed by atoms with Crippen LogP contribution >= 0.6 is 15.9 Å². The van der Waals surface area contributed by atoms with Crippen LogP contribution in [-0.4, -0.2) is 26.2 Å². The summed E-state index contributed by atoms with van der Waals surface area (Å²) in [5.74, 6) is 0.339. The molecular formula is C17H16BrFN2O3. The number of benzene rings is 2. The van der Waals surface area contributed by atoms with E-state index in [9.17, 15) is 4.39 Å². The maximum Gasteiger partial charge on any atom is 0.169 e. The Balaban J connectivity index is 2.06. The highest BCUT2D eigenvalue weighted by Gasteiger charge is 2.30. The van der Waals surface area contributed by atoms with Gasteiger partial charge in [0.25, 0.3) is 0 Å². The number of nitrogens with one attached hydrogen (secondary N) is 1. The molecule has 1 aliphatic rings. The quantitative estimate of drug-likeness (QED) is 0.597. The third-order valence-corrected chi connectivity index (χ3v) is 4.25. The molecule has 126 valence electrons. The Kier molecular flexibility index (Phi) is 4.73. The lowest BCUT2D eigenvalue weighted by atomic mass is 9.88. The first kappa shape index (κ1) is 16.7. The van der Waals surface area contributed by atoms with E-state index in [0.29, 0.717) is 17.1 Å². The fraction of sp³-hybridized carbons (Fsp3) is 0.235. The average Bonchev–Trinajstić information content (AvgIpc) is 2.54. The van der Waals surface area contributed by atoms with Gasteiger partial charge in [0.05, 0.1) is 13.7 Å². The van der Waals surface area contributed by atoms with Gasteiger partial charge in [0.2, 0.25) is 0 Å². The van der Waals surface area contributed by atoms with Crippen molar-refractivity contribution in [2.45, 2.75) is 5.92 Å². The van der Waals surface area contributed by atoms with Gasteiger partial charge in [-0.25, -0.2) is 4.39 Å². The second kappa shape index (κ2) is 6.78. The Bertz CT molecular complexity index is 798. The number of nitrogens with two attached hydrogens (primary N) is 1. The van der Waals surface area contributed by atoms with Gasteiger partial charge in [-0.1, -0.05) is 15.9 Å². The van der Waals surface area contributed by atoms with E-state index in [1.165, 1.54) is 13.2 Å². The van der Waals surface area contributed by atoms with Crippen LogP contribution in [0.15, 0.2) is 34.8 Å². The predicted molar refractivity (Wildman–Crippen MR) is 91.7 cm³/mol. The van der Waals surface area contributed by atoms with Crippen molar-refractivity contribution in [3.05, 3.63) is 51.7 Å². The number of rotatable bonds is 5. The van der Waals surface area contributed by atoms with Gasteiger partial charge < -0.3 is 19.9 Å². The maximum absolute atomic E-state index is 14.4. The van der Waals surface area contributed by atoms with Crippen LogP contribution in [0.3, 0.4) is 0 Å². The molecule has 5 nitrogen and oxygen atoms in total. The number of hydrogen-bond donors (Lipinski definition) is 2. The highest BCUT2D eigenvalue weighted by Crippen LogP contribution is 2.47. The summed E-state index contributed by atoms with van der Waals surface area (Å²) in [6.45, 7) is 0.258. The Morgan fingerprint density at radius 3 is 2.83 bits per heavy atom. The second-order valence-corrected chi connectivity index (χ2v) is 6.32. The van der Waals surface area contributed by atoms with Crippen LogP contribution in [0.25, 0.3) is 0 Å². The van der Waals surface area contributed by atoms with Crippen molar-refractivity contribution in [3.63, 3.8) is 0 Å². The highest BCUT2D eigenvalue weighted by atomic mass is 79.9. The van der Waals surface area contributed by atoms with E-state index in [1.54, 1.807) is 12.1 Å². The van der Waals surface area contributed by atoms with Crippen LogP contribution in [0.2, 0.25) is 0 Å². The molecule has 0 bridgehead atoms. The van der Waals surface area contributed by atoms with Crippen LogP contribution < -0.4 is 15.2 Å². The van der Waals surface area contributed by atoms with Gasteiger partial charge in [-0.3, -0.25) is 5.41 Å². The molecule has 0 aromatic heterocycles. The molecule has 0 saturated carbocycles. The summed E-state index contributed by atoms with van der Waals surface area (Å²) in [7, 11) is 1.48. The van der Waals surface area contributed by atoms with Gasteiger partial charge in [0.15, 0.2) is 11.6 Å². The molecule has 0 fully saturated rings. The molecule has 0 radical (unpaired) electrons. The minimum atomic E-state index is -0.491. The van der Waals surface area contributed by atoms with Crippen LogP contribution in [0.1, 0.15) is 17.0 Å². The highest BCUT2D eigenvalue weighted by molar-refractivity contribution is 9.10. The van der Waals surface area contributed by atoms with E-state index in [1.807, 2.05) is 12.1 Å². The summed E-state index contributed by atoms with van der Waals surface area (Å²) >= 11 is 3.44. The molecule has 24 heavy (non-hydrogen) atoms. The molecule has 0 saturated heterocycles. The number of amidine groups is 1. The first-order valence-electron chi connectivity index (χ1n) is 7.25. The average molecular weight is 395 g/mol. The van der Waals surface area contributed by atoms with Crippen molar-refractivity contribution in [2.24, 2.45) is 5.73 Å². The van der Waals surface area contributed by atoms with Gasteiger partial charge in [0, 0.05) is 27.6 Å². The minimum Gasteiger partial charge on any atom is -0.497 e. The minimum absolute atomic E-state index is 0.0163. The molecule has 3 N–H and O–H groups in total. The molecule has 1 aliphatic heterocycles. The van der Waals surface area contributed by atoms with Crippen molar-refractivity contribution in [1.29, 1.82) is 5.41 Å². The lowest BCUT2D eigenvalue weighted by molar-refractivity contribution is 0.159. The van der Waals surface area contributed by atoms with E-state index < -0.39 is 5.82 Å². The largest absolute Gasteiger partial charge is 0.497 e. The molecule has 3 rings (SSSR count). The van der Waals surface area contributed by atoms with Crippen molar-refractivity contribution in [2.75, 3.05) is 20.3 Å². The third-order valence-electron chi connectivity index (χ3n) is 3.76. The zero-order valence-electron chi connectivity index (χ0n) is 12.9. The SMILES string of the molecule is COc1cc(F)c2c(c1)C(COCC(=N)N)c1cc(Br)ccc1O2. The van der Waals surface area contributed by atoms with Crippen LogP contribution in [-0.2, 0) is 4.74 Å². The first-order chi connectivity index (χ1) is 11.5. The molecule has 1 heterocycles. The molecule has 7 heteroatoms. The number of halogens is 2. The van der Waals surface area contributed by atoms with E-state index in [0.717, 1.165) is 10.0 Å². The molecular weight excluding hydrogens is 379 g/mol. The maximum atomic E-state index is 14.4. The standard InChI is InChI=1S/C17H16BrFN2O3/c1-22-10-5-12-13(7-23-8-16(20)21)11-4-9(18)2-3-15(11)24-17(12)14(19)6-10/h2-6,13H,7-8H2,1H3,(H3,20,21). The molecule has 0 aliphatic carbocycles. The van der Waals surface area contributed by atoms with Crippen molar-refractivity contribution in [3.8, 4) is 17.2 Å². The molecule has 2 aromatic carbocycles. The third kappa shape index (κ3) is 3.22. The van der Waals surface area contributed by atoms with Crippen LogP contribution in [0.4, 0.5) is 4.39 Å². The first-order valence-corrected chi connectivity index (χ1v) is 8.04.